The molecule has 7 heteroatoms. The van der Waals surface area contributed by atoms with Crippen molar-refractivity contribution in [1.29, 1.82) is 0 Å². The van der Waals surface area contributed by atoms with Crippen molar-refractivity contribution < 1.29 is 4.74 Å². The van der Waals surface area contributed by atoms with Crippen LogP contribution in [0, 0.1) is 0 Å². The van der Waals surface area contributed by atoms with Gasteiger partial charge >= 0.3 is 0 Å². The van der Waals surface area contributed by atoms with Gasteiger partial charge in [0.25, 0.3) is 0 Å². The van der Waals surface area contributed by atoms with Gasteiger partial charge in [-0.1, -0.05) is 15.9 Å². The summed E-state index contributed by atoms with van der Waals surface area (Å²) in [5.41, 5.74) is 1.28. The zero-order valence-electron chi connectivity index (χ0n) is 16.2. The molecule has 26 heavy (non-hydrogen) atoms. The summed E-state index contributed by atoms with van der Waals surface area (Å²) in [4.78, 5) is 9.07. The Morgan fingerprint density at radius 3 is 2.81 bits per heavy atom. The molecule has 2 N–H and O–H groups in total. The Hall–Kier alpha value is -1.31. The highest BCUT2D eigenvalue weighted by Crippen LogP contribution is 2.22. The van der Waals surface area contributed by atoms with Crippen molar-refractivity contribution in [3.63, 3.8) is 0 Å². The number of hydrogen-bond donors (Lipinski definition) is 2. The van der Waals surface area contributed by atoms with Crippen molar-refractivity contribution in [3.8, 4) is 0 Å². The van der Waals surface area contributed by atoms with Crippen LogP contribution in [0.1, 0.15) is 12.8 Å². The van der Waals surface area contributed by atoms with Crippen LogP contribution in [0.3, 0.4) is 0 Å². The lowest BCUT2D eigenvalue weighted by Crippen LogP contribution is -2.45. The number of ether oxygens (including phenoxy) is 1. The van der Waals surface area contributed by atoms with E-state index in [1.165, 1.54) is 5.69 Å². The van der Waals surface area contributed by atoms with E-state index in [2.05, 4.69) is 72.7 Å². The van der Waals surface area contributed by atoms with Crippen LogP contribution < -0.4 is 15.5 Å². The third-order valence-electron chi connectivity index (χ3n) is 4.63. The number of guanidine groups is 1. The molecule has 146 valence electrons. The Morgan fingerprint density at radius 2 is 2.12 bits per heavy atom. The topological polar surface area (TPSA) is 52.1 Å². The zero-order valence-corrected chi connectivity index (χ0v) is 17.8. The molecule has 0 bridgehead atoms. The molecule has 0 aromatic heterocycles. The normalized spacial score (nSPS) is 17.8. The number of halogens is 1. The van der Waals surface area contributed by atoms with Crippen LogP contribution in [0.5, 0.6) is 0 Å². The van der Waals surface area contributed by atoms with E-state index in [1.807, 2.05) is 7.05 Å². The van der Waals surface area contributed by atoms with E-state index in [0.717, 1.165) is 62.6 Å². The Labute approximate surface area is 166 Å². The quantitative estimate of drug-likeness (QED) is 0.360. The van der Waals surface area contributed by atoms with Gasteiger partial charge in [-0.05, 0) is 50.7 Å². The first-order valence-electron chi connectivity index (χ1n) is 9.27. The van der Waals surface area contributed by atoms with E-state index >= 15 is 0 Å². The van der Waals surface area contributed by atoms with Gasteiger partial charge in [0.2, 0.25) is 0 Å². The van der Waals surface area contributed by atoms with Crippen molar-refractivity contribution in [2.75, 3.05) is 65.4 Å². The van der Waals surface area contributed by atoms with Gasteiger partial charge in [-0.2, -0.15) is 0 Å². The Morgan fingerprint density at radius 1 is 1.35 bits per heavy atom. The molecule has 1 aliphatic heterocycles. The highest BCUT2D eigenvalue weighted by Gasteiger charge is 2.23. The average Bonchev–Trinajstić information content (AvgIpc) is 3.11. The minimum atomic E-state index is 0.425. The second kappa shape index (κ2) is 11.4. The molecule has 0 amide bonds. The monoisotopic (exact) mass is 425 g/mol. The number of benzene rings is 1. The summed E-state index contributed by atoms with van der Waals surface area (Å²) in [6, 6.07) is 8.95. The molecule has 2 rings (SSSR count). The van der Waals surface area contributed by atoms with Crippen molar-refractivity contribution >= 4 is 27.6 Å². The van der Waals surface area contributed by atoms with E-state index in [9.17, 15) is 0 Å². The van der Waals surface area contributed by atoms with Gasteiger partial charge in [0.05, 0.1) is 6.61 Å². The number of nitrogens with one attached hydrogen (secondary N) is 2. The summed E-state index contributed by atoms with van der Waals surface area (Å²) >= 11 is 3.49. The fourth-order valence-corrected chi connectivity index (χ4v) is 3.33. The predicted octanol–water partition coefficient (Wildman–Crippen LogP) is 2.16. The maximum Gasteiger partial charge on any atom is 0.191 e. The van der Waals surface area contributed by atoms with E-state index in [-0.39, 0.29) is 0 Å². The summed E-state index contributed by atoms with van der Waals surface area (Å²) in [5.74, 6) is 0.896. The first-order valence-corrected chi connectivity index (χ1v) is 10.1. The molecule has 1 fully saturated rings. The number of anilines is 1. The van der Waals surface area contributed by atoms with Gasteiger partial charge in [0.1, 0.15) is 0 Å². The number of nitrogens with zero attached hydrogens (tertiary/aromatic N) is 3. The molecule has 6 nitrogen and oxygen atoms in total. The van der Waals surface area contributed by atoms with Crippen molar-refractivity contribution in [3.05, 3.63) is 28.7 Å². The Balaban J connectivity index is 1.67. The summed E-state index contributed by atoms with van der Waals surface area (Å²) in [5, 5.41) is 6.98. The number of rotatable bonds is 9. The molecule has 0 spiro atoms. The first kappa shape index (κ1) is 21.0. The van der Waals surface area contributed by atoms with Crippen LogP contribution in [0.4, 0.5) is 5.69 Å². The van der Waals surface area contributed by atoms with Crippen LogP contribution in [-0.2, 0) is 4.74 Å². The van der Waals surface area contributed by atoms with E-state index in [1.54, 1.807) is 7.11 Å². The van der Waals surface area contributed by atoms with Crippen LogP contribution in [0.2, 0.25) is 0 Å². The average molecular weight is 426 g/mol. The molecule has 1 heterocycles. The van der Waals surface area contributed by atoms with Crippen LogP contribution in [0.15, 0.2) is 33.7 Å². The maximum absolute atomic E-state index is 5.10. The second-order valence-corrected chi connectivity index (χ2v) is 7.62. The van der Waals surface area contributed by atoms with E-state index < -0.39 is 0 Å². The van der Waals surface area contributed by atoms with Gasteiger partial charge in [-0.25, -0.2) is 0 Å². The third-order valence-corrected chi connectivity index (χ3v) is 5.16. The Bertz CT molecular complexity index is 551. The van der Waals surface area contributed by atoms with Gasteiger partial charge < -0.3 is 25.2 Å². The summed E-state index contributed by atoms with van der Waals surface area (Å²) in [6.45, 7) is 5.79. The van der Waals surface area contributed by atoms with Crippen molar-refractivity contribution in [1.82, 2.24) is 15.5 Å². The minimum Gasteiger partial charge on any atom is -0.383 e. The molecule has 0 radical (unpaired) electrons. The van der Waals surface area contributed by atoms with Crippen LogP contribution in [0.25, 0.3) is 0 Å². The number of aliphatic imine (C=N–C) groups is 1. The third kappa shape index (κ3) is 7.13. The molecule has 1 aliphatic rings. The predicted molar refractivity (Wildman–Crippen MR) is 113 cm³/mol. The highest BCUT2D eigenvalue weighted by molar-refractivity contribution is 9.10. The van der Waals surface area contributed by atoms with Gasteiger partial charge in [-0.3, -0.25) is 4.99 Å². The van der Waals surface area contributed by atoms with Crippen molar-refractivity contribution in [2.24, 2.45) is 4.99 Å². The molecule has 1 atom stereocenters. The lowest BCUT2D eigenvalue weighted by atomic mass is 10.2. The molecule has 0 saturated carbocycles. The lowest BCUT2D eigenvalue weighted by Gasteiger charge is -2.21. The molecule has 1 aromatic rings. The number of methoxy groups -OCH3 is 1. The lowest BCUT2D eigenvalue weighted by molar-refractivity contribution is 0.161. The highest BCUT2D eigenvalue weighted by atomic mass is 79.9. The fraction of sp³-hybridized carbons (Fsp3) is 0.632. The van der Waals surface area contributed by atoms with Gasteiger partial charge in [0.15, 0.2) is 5.96 Å². The molecule has 1 saturated heterocycles. The molecule has 1 aromatic carbocycles. The number of hydrogen-bond acceptors (Lipinski definition) is 4. The standard InChI is InChI=1S/C19H32BrN5O/c1-21-19(22-10-4-11-24(2)13-14-26-3)23-17-9-12-25(15-17)18-7-5-16(20)6-8-18/h5-8,17H,4,9-15H2,1-3H3,(H2,21,22,23). The van der Waals surface area contributed by atoms with E-state index in [4.69, 9.17) is 4.74 Å². The summed E-state index contributed by atoms with van der Waals surface area (Å²) in [7, 11) is 5.70. The fourth-order valence-electron chi connectivity index (χ4n) is 3.07. The summed E-state index contributed by atoms with van der Waals surface area (Å²) < 4.78 is 6.22. The molecular formula is C19H32BrN5O. The first-order chi connectivity index (χ1) is 12.6. The summed E-state index contributed by atoms with van der Waals surface area (Å²) in [6.07, 6.45) is 2.20. The van der Waals surface area contributed by atoms with Crippen LogP contribution >= 0.6 is 15.9 Å². The second-order valence-electron chi connectivity index (χ2n) is 6.70. The molecule has 1 unspecified atom stereocenters. The SMILES string of the molecule is CN=C(NCCCN(C)CCOC)NC1CCN(c2ccc(Br)cc2)C1. The zero-order chi connectivity index (χ0) is 18.8. The largest absolute Gasteiger partial charge is 0.383 e. The smallest absolute Gasteiger partial charge is 0.191 e. The molecule has 0 aliphatic carbocycles. The number of likely N-dealkylation sites (N-methyl/N-ethyl adjacent to an activating group) is 1. The van der Waals surface area contributed by atoms with Crippen LogP contribution in [-0.4, -0.2) is 77.4 Å². The van der Waals surface area contributed by atoms with Gasteiger partial charge in [-0.15, -0.1) is 0 Å². The van der Waals surface area contributed by atoms with Crippen molar-refractivity contribution in [2.45, 2.75) is 18.9 Å². The maximum atomic E-state index is 5.10. The Kier molecular flexibility index (Phi) is 9.22. The minimum absolute atomic E-state index is 0.425. The van der Waals surface area contributed by atoms with Gasteiger partial charge in [0, 0.05) is 56.5 Å². The molecular weight excluding hydrogens is 394 g/mol. The van der Waals surface area contributed by atoms with E-state index in [0.29, 0.717) is 6.04 Å².